The molecule has 4 rings (SSSR count). The van der Waals surface area contributed by atoms with Crippen LogP contribution in [0.5, 0.6) is 0 Å². The Kier molecular flexibility index (Phi) is 13.1. The van der Waals surface area contributed by atoms with Gasteiger partial charge in [-0.25, -0.2) is 4.79 Å². The number of hydrogen-bond acceptors (Lipinski definition) is 9. The quantitative estimate of drug-likeness (QED) is 0.144. The van der Waals surface area contributed by atoms with Crippen LogP contribution in [0.15, 0.2) is 24.3 Å². The summed E-state index contributed by atoms with van der Waals surface area (Å²) < 4.78 is 17.0. The minimum atomic E-state index is -1.36. The van der Waals surface area contributed by atoms with Gasteiger partial charge in [0.15, 0.2) is 0 Å². The summed E-state index contributed by atoms with van der Waals surface area (Å²) in [5.74, 6) is -1.31. The highest BCUT2D eigenvalue weighted by Crippen LogP contribution is 2.39. The number of alkyl carbamates (subject to hydrolysis) is 1. The molecule has 0 radical (unpaired) electrons. The number of nitrogens with one attached hydrogen (secondary N) is 2. The topological polar surface area (TPSA) is 175 Å². The van der Waals surface area contributed by atoms with Crippen molar-refractivity contribution in [3.8, 4) is 0 Å². The number of aliphatic hydroxyl groups is 1. The lowest BCUT2D eigenvalue weighted by molar-refractivity contribution is -0.170. The number of benzene rings is 1. The average molecular weight is 631 g/mol. The molecule has 45 heavy (non-hydrogen) atoms. The molecule has 11 nitrogen and oxygen atoms in total. The predicted octanol–water partition coefficient (Wildman–Crippen LogP) is 3.39. The van der Waals surface area contributed by atoms with Crippen molar-refractivity contribution in [3.63, 3.8) is 0 Å². The monoisotopic (exact) mass is 630 g/mol. The predicted molar refractivity (Wildman–Crippen MR) is 170 cm³/mol. The highest BCUT2D eigenvalue weighted by atomic mass is 16.6. The smallest absolute Gasteiger partial charge is 0.407 e. The second kappa shape index (κ2) is 16.7. The fourth-order valence-electron chi connectivity index (χ4n) is 6.98. The van der Waals surface area contributed by atoms with Gasteiger partial charge in [-0.3, -0.25) is 9.59 Å². The molecule has 11 heteroatoms. The molecule has 252 valence electrons. The summed E-state index contributed by atoms with van der Waals surface area (Å²) >= 11 is 0. The maximum atomic E-state index is 14.1. The summed E-state index contributed by atoms with van der Waals surface area (Å²) in [6, 6.07) is 6.17. The Morgan fingerprint density at radius 3 is 2.58 bits per heavy atom. The summed E-state index contributed by atoms with van der Waals surface area (Å²) in [5, 5.41) is 17.6. The van der Waals surface area contributed by atoms with E-state index < -0.39 is 41.9 Å². The standard InChI is InChI=1S/C34H54N4O7/c1-22(2)26(20-30(39)29(19-23-9-4-3-5-10-23)37-33(42)44-25-15-18-43-21-25)31(40)38-34(45-32(41)28(36)13-8-17-35)16-14-24-11-6-7-12-27(24)34/h6-7,11-12,22-23,25-26,28-30,39H,3-5,8-10,13-21,35-36H2,1-2H3,(H,37,42)(H,38,40)/t25-,26+,28+,29-,30-,34-/m0/s1. The van der Waals surface area contributed by atoms with E-state index in [9.17, 15) is 19.5 Å². The minimum absolute atomic E-state index is 0.120. The third-order valence-electron chi connectivity index (χ3n) is 9.70. The lowest BCUT2D eigenvalue weighted by Crippen LogP contribution is -2.53. The molecule has 1 saturated heterocycles. The zero-order valence-corrected chi connectivity index (χ0v) is 27.0. The van der Waals surface area contributed by atoms with Gasteiger partial charge < -0.3 is 41.4 Å². The number of fused-ring (bicyclic) bond motifs is 1. The van der Waals surface area contributed by atoms with Crippen LogP contribution in [0.3, 0.4) is 0 Å². The Labute approximate surface area is 267 Å². The van der Waals surface area contributed by atoms with E-state index in [4.69, 9.17) is 25.7 Å². The lowest BCUT2D eigenvalue weighted by atomic mass is 9.81. The molecule has 0 unspecified atom stereocenters. The molecule has 1 heterocycles. The molecule has 0 aromatic heterocycles. The molecule has 1 aromatic rings. The number of amides is 2. The number of esters is 1. The first-order chi connectivity index (χ1) is 21.6. The van der Waals surface area contributed by atoms with Crippen LogP contribution in [0.2, 0.25) is 0 Å². The van der Waals surface area contributed by atoms with Crippen molar-refractivity contribution in [2.45, 2.75) is 121 Å². The van der Waals surface area contributed by atoms with Gasteiger partial charge >= 0.3 is 12.1 Å². The first-order valence-corrected chi connectivity index (χ1v) is 16.9. The van der Waals surface area contributed by atoms with E-state index in [2.05, 4.69) is 10.6 Å². The van der Waals surface area contributed by atoms with Crippen LogP contribution >= 0.6 is 0 Å². The number of aliphatic hydroxyl groups excluding tert-OH is 1. The number of hydrogen-bond donors (Lipinski definition) is 5. The van der Waals surface area contributed by atoms with Gasteiger partial charge in [-0.2, -0.15) is 0 Å². The fourth-order valence-corrected chi connectivity index (χ4v) is 6.98. The molecule has 3 aliphatic rings. The van der Waals surface area contributed by atoms with Gasteiger partial charge in [0.05, 0.1) is 25.4 Å². The molecule has 7 N–H and O–H groups in total. The Balaban J connectivity index is 1.50. The molecule has 0 spiro atoms. The second-order valence-corrected chi connectivity index (χ2v) is 13.5. The number of carbonyl (C=O) groups excluding carboxylic acids is 3. The first kappa shape index (κ1) is 35.1. The van der Waals surface area contributed by atoms with Crippen LogP contribution in [0.4, 0.5) is 4.79 Å². The van der Waals surface area contributed by atoms with Crippen molar-refractivity contribution in [2.24, 2.45) is 29.2 Å². The molecule has 1 aromatic carbocycles. The highest BCUT2D eigenvalue weighted by molar-refractivity contribution is 5.81. The van der Waals surface area contributed by atoms with E-state index in [0.29, 0.717) is 64.2 Å². The summed E-state index contributed by atoms with van der Waals surface area (Å²) in [4.78, 5) is 40.1. The molecule has 2 fully saturated rings. The SMILES string of the molecule is CC(C)[C@@H](C[C@H](O)[C@H](CC1CCCCC1)NC(=O)O[C@H]1CCOC1)C(=O)N[C@]1(OC(=O)[C@H](N)CCCN)CCc2ccccc21. The number of nitrogens with two attached hydrogens (primary N) is 2. The first-order valence-electron chi connectivity index (χ1n) is 16.9. The van der Waals surface area contributed by atoms with E-state index in [-0.39, 0.29) is 24.3 Å². The molecule has 1 saturated carbocycles. The van der Waals surface area contributed by atoms with E-state index in [1.807, 2.05) is 38.1 Å². The van der Waals surface area contributed by atoms with Gasteiger partial charge in [-0.05, 0) is 56.0 Å². The Morgan fingerprint density at radius 1 is 1.13 bits per heavy atom. The van der Waals surface area contributed by atoms with Gasteiger partial charge in [0, 0.05) is 24.3 Å². The normalized spacial score (nSPS) is 24.4. The van der Waals surface area contributed by atoms with Crippen LogP contribution in [-0.2, 0) is 35.9 Å². The van der Waals surface area contributed by atoms with E-state index in [1.54, 1.807) is 0 Å². The number of ether oxygens (including phenoxy) is 3. The van der Waals surface area contributed by atoms with Crippen molar-refractivity contribution in [1.82, 2.24) is 10.6 Å². The fraction of sp³-hybridized carbons (Fsp3) is 0.735. The van der Waals surface area contributed by atoms with Crippen LogP contribution in [-0.4, -0.2) is 67.1 Å². The summed E-state index contributed by atoms with van der Waals surface area (Å²) in [5.41, 5.74) is 12.1. The Bertz CT molecular complexity index is 1120. The van der Waals surface area contributed by atoms with E-state index in [0.717, 1.165) is 36.8 Å². The lowest BCUT2D eigenvalue weighted by Gasteiger charge is -2.36. The molecule has 2 aliphatic carbocycles. The Hall–Kier alpha value is -2.73. The van der Waals surface area contributed by atoms with Crippen molar-refractivity contribution >= 4 is 18.0 Å². The second-order valence-electron chi connectivity index (χ2n) is 13.5. The van der Waals surface area contributed by atoms with Gasteiger partial charge in [-0.15, -0.1) is 0 Å². The molecule has 1 aliphatic heterocycles. The highest BCUT2D eigenvalue weighted by Gasteiger charge is 2.46. The van der Waals surface area contributed by atoms with Crippen molar-refractivity contribution in [1.29, 1.82) is 0 Å². The molecular weight excluding hydrogens is 576 g/mol. The van der Waals surface area contributed by atoms with Gasteiger partial charge in [0.1, 0.15) is 12.1 Å². The molecule has 6 atom stereocenters. The zero-order chi connectivity index (χ0) is 32.4. The molecule has 2 amide bonds. The number of carbonyl (C=O) groups is 3. The third-order valence-corrected chi connectivity index (χ3v) is 9.70. The van der Waals surface area contributed by atoms with Gasteiger partial charge in [0.2, 0.25) is 11.6 Å². The van der Waals surface area contributed by atoms with Crippen molar-refractivity contribution in [2.75, 3.05) is 19.8 Å². The third kappa shape index (κ3) is 9.64. The average Bonchev–Trinajstić information content (AvgIpc) is 3.66. The summed E-state index contributed by atoms with van der Waals surface area (Å²) in [6.07, 6.45) is 7.03. The van der Waals surface area contributed by atoms with E-state index in [1.165, 1.54) is 6.42 Å². The van der Waals surface area contributed by atoms with Gasteiger partial charge in [-0.1, -0.05) is 70.2 Å². The largest absolute Gasteiger partial charge is 0.444 e. The van der Waals surface area contributed by atoms with Crippen LogP contribution in [0.1, 0.15) is 95.6 Å². The minimum Gasteiger partial charge on any atom is -0.444 e. The maximum Gasteiger partial charge on any atom is 0.407 e. The number of rotatable bonds is 15. The summed E-state index contributed by atoms with van der Waals surface area (Å²) in [6.45, 7) is 5.19. The van der Waals surface area contributed by atoms with Crippen LogP contribution in [0, 0.1) is 17.8 Å². The molecule has 0 bridgehead atoms. The van der Waals surface area contributed by atoms with E-state index >= 15 is 0 Å². The number of aryl methyl sites for hydroxylation is 1. The van der Waals surface area contributed by atoms with Crippen molar-refractivity contribution in [3.05, 3.63) is 35.4 Å². The molecular formula is C34H54N4O7. The van der Waals surface area contributed by atoms with Gasteiger partial charge in [0.25, 0.3) is 0 Å². The zero-order valence-electron chi connectivity index (χ0n) is 27.0. The summed E-state index contributed by atoms with van der Waals surface area (Å²) in [7, 11) is 0. The Morgan fingerprint density at radius 2 is 1.89 bits per heavy atom. The van der Waals surface area contributed by atoms with Crippen LogP contribution in [0.25, 0.3) is 0 Å². The van der Waals surface area contributed by atoms with Crippen molar-refractivity contribution < 1.29 is 33.7 Å². The van der Waals surface area contributed by atoms with Crippen LogP contribution < -0.4 is 22.1 Å². The maximum absolute atomic E-state index is 14.1.